The molecule has 0 atom stereocenters. The quantitative estimate of drug-likeness (QED) is 0.944. The number of urea groups is 1. The number of hydrogen-bond donors (Lipinski definition) is 1. The predicted molar refractivity (Wildman–Crippen MR) is 85.0 cm³/mol. The average molecular weight is 299 g/mol. The number of amides is 2. The Morgan fingerprint density at radius 2 is 2.23 bits per heavy atom. The van der Waals surface area contributed by atoms with E-state index in [4.69, 9.17) is 4.42 Å². The molecule has 116 valence electrons. The Morgan fingerprint density at radius 1 is 1.36 bits per heavy atom. The predicted octanol–water partition coefficient (Wildman–Crippen LogP) is 3.07. The molecule has 0 saturated carbocycles. The normalized spacial score (nSPS) is 13.3. The molecule has 0 fully saturated rings. The molecule has 1 aromatic heterocycles. The summed E-state index contributed by atoms with van der Waals surface area (Å²) in [6, 6.07) is 6.26. The largest absolute Gasteiger partial charge is 0.449 e. The number of benzene rings is 1. The summed E-state index contributed by atoms with van der Waals surface area (Å²) in [5.74, 6) is 0.697. The number of aromatic nitrogens is 1. The van der Waals surface area contributed by atoms with Gasteiger partial charge in [-0.3, -0.25) is 4.90 Å². The molecule has 0 radical (unpaired) electrons. The number of nitrogens with zero attached hydrogens (tertiary/aromatic N) is 2. The monoisotopic (exact) mass is 299 g/mol. The topological polar surface area (TPSA) is 58.4 Å². The van der Waals surface area contributed by atoms with Crippen molar-refractivity contribution in [2.45, 2.75) is 39.7 Å². The zero-order valence-electron chi connectivity index (χ0n) is 13.1. The lowest BCUT2D eigenvalue weighted by molar-refractivity contribution is 0.246. The summed E-state index contributed by atoms with van der Waals surface area (Å²) >= 11 is 0. The number of carbonyl (C=O) groups is 1. The SMILES string of the molecule is CCc1ccc2c(c1)CCN2C(=O)NCc1coc(CC)n1. The van der Waals surface area contributed by atoms with E-state index in [1.165, 1.54) is 11.1 Å². The van der Waals surface area contributed by atoms with Crippen LogP contribution >= 0.6 is 0 Å². The van der Waals surface area contributed by atoms with Gasteiger partial charge in [-0.05, 0) is 30.0 Å². The molecule has 0 saturated heterocycles. The molecule has 3 rings (SSSR count). The van der Waals surface area contributed by atoms with Crippen LogP contribution in [-0.4, -0.2) is 17.6 Å². The third kappa shape index (κ3) is 2.84. The highest BCUT2D eigenvalue weighted by atomic mass is 16.3. The van der Waals surface area contributed by atoms with Crippen LogP contribution < -0.4 is 10.2 Å². The van der Waals surface area contributed by atoms with Crippen LogP contribution in [0.4, 0.5) is 10.5 Å². The maximum absolute atomic E-state index is 12.4. The van der Waals surface area contributed by atoms with E-state index in [1.807, 2.05) is 13.0 Å². The van der Waals surface area contributed by atoms with Gasteiger partial charge < -0.3 is 9.73 Å². The Kier molecular flexibility index (Phi) is 4.13. The van der Waals surface area contributed by atoms with Crippen molar-refractivity contribution in [1.82, 2.24) is 10.3 Å². The van der Waals surface area contributed by atoms with Crippen LogP contribution in [0.3, 0.4) is 0 Å². The summed E-state index contributed by atoms with van der Waals surface area (Å²) in [5.41, 5.74) is 4.34. The molecule has 1 aromatic carbocycles. The minimum atomic E-state index is -0.0796. The minimum absolute atomic E-state index is 0.0796. The molecular formula is C17H21N3O2. The van der Waals surface area contributed by atoms with Crippen molar-refractivity contribution in [3.63, 3.8) is 0 Å². The fourth-order valence-electron chi connectivity index (χ4n) is 2.74. The molecule has 2 aromatic rings. The van der Waals surface area contributed by atoms with E-state index in [1.54, 1.807) is 11.2 Å². The second-order valence-electron chi connectivity index (χ2n) is 5.46. The van der Waals surface area contributed by atoms with Gasteiger partial charge in [-0.25, -0.2) is 9.78 Å². The molecule has 1 N–H and O–H groups in total. The maximum atomic E-state index is 12.4. The van der Waals surface area contributed by atoms with E-state index in [-0.39, 0.29) is 6.03 Å². The number of fused-ring (bicyclic) bond motifs is 1. The van der Waals surface area contributed by atoms with Crippen LogP contribution in [0, 0.1) is 0 Å². The third-order valence-electron chi connectivity index (χ3n) is 4.02. The van der Waals surface area contributed by atoms with Crippen molar-refractivity contribution in [3.05, 3.63) is 47.2 Å². The smallest absolute Gasteiger partial charge is 0.322 e. The van der Waals surface area contributed by atoms with E-state index in [2.05, 4.69) is 29.4 Å². The first-order chi connectivity index (χ1) is 10.7. The van der Waals surface area contributed by atoms with Gasteiger partial charge in [-0.1, -0.05) is 26.0 Å². The summed E-state index contributed by atoms with van der Waals surface area (Å²) in [5, 5.41) is 2.91. The van der Waals surface area contributed by atoms with Gasteiger partial charge >= 0.3 is 6.03 Å². The molecule has 1 aliphatic rings. The van der Waals surface area contributed by atoms with Crippen molar-refractivity contribution in [1.29, 1.82) is 0 Å². The van der Waals surface area contributed by atoms with Gasteiger partial charge in [0.05, 0.1) is 12.2 Å². The van der Waals surface area contributed by atoms with Crippen LogP contribution in [0.15, 0.2) is 28.9 Å². The Bertz CT molecular complexity index is 678. The summed E-state index contributed by atoms with van der Waals surface area (Å²) < 4.78 is 5.28. The van der Waals surface area contributed by atoms with E-state index < -0.39 is 0 Å². The van der Waals surface area contributed by atoms with E-state index in [0.717, 1.165) is 37.2 Å². The van der Waals surface area contributed by atoms with Crippen molar-refractivity contribution in [3.8, 4) is 0 Å². The molecule has 1 aliphatic heterocycles. The van der Waals surface area contributed by atoms with Crippen molar-refractivity contribution >= 4 is 11.7 Å². The number of hydrogen-bond acceptors (Lipinski definition) is 3. The summed E-state index contributed by atoms with van der Waals surface area (Å²) in [4.78, 5) is 18.5. The number of carbonyl (C=O) groups excluding carboxylic acids is 1. The van der Waals surface area contributed by atoms with Crippen molar-refractivity contribution in [2.24, 2.45) is 0 Å². The van der Waals surface area contributed by atoms with Crippen LogP contribution in [0.2, 0.25) is 0 Å². The number of nitrogens with one attached hydrogen (secondary N) is 1. The standard InChI is InChI=1S/C17H21N3O2/c1-3-12-5-6-15-13(9-12)7-8-20(15)17(21)18-10-14-11-22-16(4-2)19-14/h5-6,9,11H,3-4,7-8,10H2,1-2H3,(H,18,21). The van der Waals surface area contributed by atoms with Crippen LogP contribution in [0.25, 0.3) is 0 Å². The molecule has 5 nitrogen and oxygen atoms in total. The third-order valence-corrected chi connectivity index (χ3v) is 4.02. The van der Waals surface area contributed by atoms with Crippen LogP contribution in [0.1, 0.15) is 36.6 Å². The van der Waals surface area contributed by atoms with Gasteiger partial charge in [0.15, 0.2) is 5.89 Å². The number of oxazole rings is 1. The van der Waals surface area contributed by atoms with E-state index in [0.29, 0.717) is 12.4 Å². The van der Waals surface area contributed by atoms with Gasteiger partial charge in [0.1, 0.15) is 6.26 Å². The zero-order valence-corrected chi connectivity index (χ0v) is 13.1. The molecule has 22 heavy (non-hydrogen) atoms. The molecule has 0 aliphatic carbocycles. The Morgan fingerprint density at radius 3 is 2.95 bits per heavy atom. The number of rotatable bonds is 4. The first kappa shape index (κ1) is 14.6. The second kappa shape index (κ2) is 6.22. The lowest BCUT2D eigenvalue weighted by atomic mass is 10.1. The Balaban J connectivity index is 1.64. The lowest BCUT2D eigenvalue weighted by Crippen LogP contribution is -2.38. The second-order valence-corrected chi connectivity index (χ2v) is 5.46. The van der Waals surface area contributed by atoms with Gasteiger partial charge in [-0.15, -0.1) is 0 Å². The van der Waals surface area contributed by atoms with Gasteiger partial charge in [0, 0.05) is 18.7 Å². The summed E-state index contributed by atoms with van der Waals surface area (Å²) in [6.45, 7) is 5.25. The van der Waals surface area contributed by atoms with Crippen LogP contribution in [0.5, 0.6) is 0 Å². The highest BCUT2D eigenvalue weighted by Gasteiger charge is 2.24. The molecule has 0 spiro atoms. The molecule has 2 heterocycles. The van der Waals surface area contributed by atoms with Gasteiger partial charge in [0.2, 0.25) is 0 Å². The maximum Gasteiger partial charge on any atom is 0.322 e. The van der Waals surface area contributed by atoms with E-state index >= 15 is 0 Å². The fraction of sp³-hybridized carbons (Fsp3) is 0.412. The minimum Gasteiger partial charge on any atom is -0.449 e. The first-order valence-corrected chi connectivity index (χ1v) is 7.81. The summed E-state index contributed by atoms with van der Waals surface area (Å²) in [6.07, 6.45) is 4.30. The number of aryl methyl sites for hydroxylation is 2. The highest BCUT2D eigenvalue weighted by molar-refractivity contribution is 5.94. The molecule has 0 bridgehead atoms. The molecular weight excluding hydrogens is 278 g/mol. The van der Waals surface area contributed by atoms with Gasteiger partial charge in [-0.2, -0.15) is 0 Å². The zero-order chi connectivity index (χ0) is 15.5. The molecule has 0 unspecified atom stereocenters. The average Bonchev–Trinajstić information content (AvgIpc) is 3.18. The first-order valence-electron chi connectivity index (χ1n) is 7.81. The highest BCUT2D eigenvalue weighted by Crippen LogP contribution is 2.29. The molecule has 5 heteroatoms. The Hall–Kier alpha value is -2.30. The summed E-state index contributed by atoms with van der Waals surface area (Å²) in [7, 11) is 0. The Labute approximate surface area is 130 Å². The lowest BCUT2D eigenvalue weighted by Gasteiger charge is -2.18. The van der Waals surface area contributed by atoms with Crippen LogP contribution in [-0.2, 0) is 25.8 Å². The van der Waals surface area contributed by atoms with E-state index in [9.17, 15) is 4.79 Å². The molecule has 2 amide bonds. The van der Waals surface area contributed by atoms with Gasteiger partial charge in [0.25, 0.3) is 0 Å². The van der Waals surface area contributed by atoms with Crippen molar-refractivity contribution in [2.75, 3.05) is 11.4 Å². The van der Waals surface area contributed by atoms with Crippen molar-refractivity contribution < 1.29 is 9.21 Å². The number of anilines is 1. The fourth-order valence-corrected chi connectivity index (χ4v) is 2.74.